The van der Waals surface area contributed by atoms with Crippen LogP contribution in [0.4, 0.5) is 0 Å². The van der Waals surface area contributed by atoms with Gasteiger partial charge in [-0.1, -0.05) is 86.2 Å². The highest BCUT2D eigenvalue weighted by Gasteiger charge is 2.44. The van der Waals surface area contributed by atoms with Gasteiger partial charge in [0.05, 0.1) is 6.16 Å². The Labute approximate surface area is 239 Å². The average Bonchev–Trinajstić information content (AvgIpc) is 2.95. The fraction of sp³-hybridized carbons (Fsp3) is 0.500. The Morgan fingerprint density at radius 2 is 0.872 bits per heavy atom. The van der Waals surface area contributed by atoms with Crippen LogP contribution in [0.1, 0.15) is 88.3 Å². The molecule has 0 heterocycles. The predicted molar refractivity (Wildman–Crippen MR) is 173 cm³/mol. The largest absolute Gasteiger partial charge is 0.353 e. The Kier molecular flexibility index (Phi) is 13.7. The molecule has 0 aromatic heterocycles. The normalized spacial score (nSPS) is 11.8. The summed E-state index contributed by atoms with van der Waals surface area (Å²) in [6.07, 6.45) is 11.9. The molecule has 0 saturated carbocycles. The van der Waals surface area contributed by atoms with E-state index in [1.54, 1.807) is 0 Å². The SMILES string of the molecule is CCCOC(CCCCCCCC[P+](c1ccc(C)cc1)(c1ccc(C)cc1)c1ccc(C)cc1)OCCC. The molecule has 3 heteroatoms. The van der Waals surface area contributed by atoms with Gasteiger partial charge in [0.1, 0.15) is 23.2 Å². The third-order valence-corrected chi connectivity index (χ3v) is 12.1. The second-order valence-corrected chi connectivity index (χ2v) is 14.7. The van der Waals surface area contributed by atoms with Gasteiger partial charge in [0.25, 0.3) is 0 Å². The Bertz CT molecular complexity index is 938. The van der Waals surface area contributed by atoms with Crippen molar-refractivity contribution >= 4 is 23.2 Å². The molecule has 0 aliphatic heterocycles. The molecule has 3 rings (SSSR count). The molecule has 212 valence electrons. The van der Waals surface area contributed by atoms with Gasteiger partial charge in [0.2, 0.25) is 0 Å². The van der Waals surface area contributed by atoms with Crippen molar-refractivity contribution in [1.82, 2.24) is 0 Å². The quantitative estimate of drug-likeness (QED) is 0.0900. The standard InChI is InChI=1S/C36H52O2P/c1-6-27-37-36(38-28-7-2)14-12-10-8-9-11-13-29-39(33-21-15-30(3)16-22-33,34-23-17-31(4)18-24-34)35-25-19-32(5)20-26-35/h15-26,36H,6-14,27-29H2,1-5H3/q+1. The molecule has 3 aromatic rings. The number of hydrogen-bond donors (Lipinski definition) is 0. The highest BCUT2D eigenvalue weighted by atomic mass is 31.2. The van der Waals surface area contributed by atoms with E-state index in [1.807, 2.05) is 0 Å². The summed E-state index contributed by atoms with van der Waals surface area (Å²) < 4.78 is 11.8. The molecule has 2 nitrogen and oxygen atoms in total. The van der Waals surface area contributed by atoms with Crippen molar-refractivity contribution in [3.63, 3.8) is 0 Å². The first-order valence-corrected chi connectivity index (χ1v) is 17.3. The second kappa shape index (κ2) is 17.0. The minimum Gasteiger partial charge on any atom is -0.353 e. The second-order valence-electron chi connectivity index (χ2n) is 11.1. The number of hydrogen-bond acceptors (Lipinski definition) is 2. The summed E-state index contributed by atoms with van der Waals surface area (Å²) in [5.41, 5.74) is 3.98. The molecule has 0 radical (unpaired) electrons. The van der Waals surface area contributed by atoms with Crippen molar-refractivity contribution in [2.45, 2.75) is 98.7 Å². The highest BCUT2D eigenvalue weighted by Crippen LogP contribution is 2.56. The number of ether oxygens (including phenoxy) is 2. The van der Waals surface area contributed by atoms with Gasteiger partial charge in [-0.3, -0.25) is 0 Å². The third kappa shape index (κ3) is 9.56. The van der Waals surface area contributed by atoms with Crippen molar-refractivity contribution in [3.8, 4) is 0 Å². The molecule has 0 aliphatic carbocycles. The molecule has 0 bridgehead atoms. The van der Waals surface area contributed by atoms with Gasteiger partial charge >= 0.3 is 0 Å². The summed E-state index contributed by atoms with van der Waals surface area (Å²) in [5.74, 6) is 0. The van der Waals surface area contributed by atoms with E-state index in [2.05, 4.69) is 107 Å². The summed E-state index contributed by atoms with van der Waals surface area (Å²) >= 11 is 0. The zero-order valence-electron chi connectivity index (χ0n) is 25.3. The molecule has 39 heavy (non-hydrogen) atoms. The van der Waals surface area contributed by atoms with E-state index in [1.165, 1.54) is 77.3 Å². The monoisotopic (exact) mass is 547 g/mol. The lowest BCUT2D eigenvalue weighted by Gasteiger charge is -2.28. The van der Waals surface area contributed by atoms with E-state index < -0.39 is 7.26 Å². The van der Waals surface area contributed by atoms with Gasteiger partial charge in [0, 0.05) is 13.2 Å². The molecular formula is C36H52O2P+. The first-order valence-electron chi connectivity index (χ1n) is 15.3. The van der Waals surface area contributed by atoms with Crippen LogP contribution in [0.3, 0.4) is 0 Å². The van der Waals surface area contributed by atoms with Crippen molar-refractivity contribution in [2.24, 2.45) is 0 Å². The van der Waals surface area contributed by atoms with Crippen LogP contribution >= 0.6 is 7.26 Å². The van der Waals surface area contributed by atoms with Gasteiger partial charge in [0.15, 0.2) is 6.29 Å². The fourth-order valence-corrected chi connectivity index (χ4v) is 9.65. The maximum absolute atomic E-state index is 5.91. The average molecular weight is 548 g/mol. The predicted octanol–water partition coefficient (Wildman–Crippen LogP) is 8.82. The van der Waals surface area contributed by atoms with Crippen molar-refractivity contribution in [1.29, 1.82) is 0 Å². The van der Waals surface area contributed by atoms with Crippen LogP contribution in [-0.4, -0.2) is 25.7 Å². The number of benzene rings is 3. The molecule has 0 saturated heterocycles. The van der Waals surface area contributed by atoms with Gasteiger partial charge in [-0.25, -0.2) is 0 Å². The van der Waals surface area contributed by atoms with Gasteiger partial charge in [-0.05, 0) is 95.7 Å². The van der Waals surface area contributed by atoms with Crippen LogP contribution < -0.4 is 15.9 Å². The van der Waals surface area contributed by atoms with Crippen LogP contribution in [0.15, 0.2) is 72.8 Å². The number of unbranched alkanes of at least 4 members (excludes halogenated alkanes) is 5. The summed E-state index contributed by atoms with van der Waals surface area (Å²) in [5, 5.41) is 4.52. The van der Waals surface area contributed by atoms with Crippen LogP contribution in [-0.2, 0) is 9.47 Å². The number of aryl methyl sites for hydroxylation is 3. The molecule has 0 aliphatic rings. The Balaban J connectivity index is 1.67. The maximum Gasteiger partial charge on any atom is 0.157 e. The molecule has 0 fully saturated rings. The molecule has 0 unspecified atom stereocenters. The van der Waals surface area contributed by atoms with Crippen molar-refractivity contribution in [2.75, 3.05) is 19.4 Å². The highest BCUT2D eigenvalue weighted by molar-refractivity contribution is 7.95. The van der Waals surface area contributed by atoms with E-state index in [4.69, 9.17) is 9.47 Å². The first kappa shape index (κ1) is 31.5. The van der Waals surface area contributed by atoms with Gasteiger partial charge < -0.3 is 9.47 Å². The van der Waals surface area contributed by atoms with E-state index in [9.17, 15) is 0 Å². The van der Waals surface area contributed by atoms with Crippen molar-refractivity contribution < 1.29 is 9.47 Å². The van der Waals surface area contributed by atoms with Gasteiger partial charge in [-0.15, -0.1) is 0 Å². The molecule has 0 atom stereocenters. The van der Waals surface area contributed by atoms with Crippen LogP contribution in [0.5, 0.6) is 0 Å². The van der Waals surface area contributed by atoms with Crippen LogP contribution in [0.2, 0.25) is 0 Å². The minimum absolute atomic E-state index is 0.0196. The summed E-state index contributed by atoms with van der Waals surface area (Å²) in [6.45, 7) is 12.5. The first-order chi connectivity index (χ1) is 19.0. The number of rotatable bonds is 18. The zero-order chi connectivity index (χ0) is 27.9. The van der Waals surface area contributed by atoms with E-state index in [0.717, 1.165) is 32.5 Å². The Morgan fingerprint density at radius 1 is 0.513 bits per heavy atom. The lowest BCUT2D eigenvalue weighted by atomic mass is 10.1. The van der Waals surface area contributed by atoms with Crippen LogP contribution in [0.25, 0.3) is 0 Å². The summed E-state index contributed by atoms with van der Waals surface area (Å²) in [7, 11) is -1.74. The van der Waals surface area contributed by atoms with Crippen LogP contribution in [0, 0.1) is 20.8 Å². The Hall–Kier alpha value is -1.99. The topological polar surface area (TPSA) is 18.5 Å². The van der Waals surface area contributed by atoms with E-state index in [-0.39, 0.29) is 6.29 Å². The molecule has 0 spiro atoms. The molecule has 0 amide bonds. The third-order valence-electron chi connectivity index (χ3n) is 7.62. The molecule has 0 N–H and O–H groups in total. The fourth-order valence-electron chi connectivity index (χ4n) is 5.31. The lowest BCUT2D eigenvalue weighted by Crippen LogP contribution is -2.33. The zero-order valence-corrected chi connectivity index (χ0v) is 26.1. The van der Waals surface area contributed by atoms with Gasteiger partial charge in [-0.2, -0.15) is 0 Å². The maximum atomic E-state index is 5.91. The Morgan fingerprint density at radius 3 is 1.26 bits per heavy atom. The molecule has 3 aromatic carbocycles. The van der Waals surface area contributed by atoms with E-state index >= 15 is 0 Å². The summed E-state index contributed by atoms with van der Waals surface area (Å²) in [6, 6.07) is 28.2. The lowest BCUT2D eigenvalue weighted by molar-refractivity contribution is -0.146. The summed E-state index contributed by atoms with van der Waals surface area (Å²) in [4.78, 5) is 0. The molecular weight excluding hydrogens is 495 g/mol. The smallest absolute Gasteiger partial charge is 0.157 e. The minimum atomic E-state index is -1.74. The van der Waals surface area contributed by atoms with Crippen molar-refractivity contribution in [3.05, 3.63) is 89.5 Å². The van der Waals surface area contributed by atoms with E-state index in [0.29, 0.717) is 0 Å².